The summed E-state index contributed by atoms with van der Waals surface area (Å²) < 4.78 is 24.1. The molecular weight excluding hydrogens is 385 g/mol. The van der Waals surface area contributed by atoms with Crippen LogP contribution in [0.25, 0.3) is 11.1 Å². The van der Waals surface area contributed by atoms with Gasteiger partial charge >= 0.3 is 5.97 Å². The van der Waals surface area contributed by atoms with Crippen molar-refractivity contribution in [3.05, 3.63) is 90.2 Å². The number of esters is 1. The molecule has 0 bridgehead atoms. The van der Waals surface area contributed by atoms with Crippen molar-refractivity contribution in [3.63, 3.8) is 0 Å². The van der Waals surface area contributed by atoms with Crippen molar-refractivity contribution in [2.24, 2.45) is 0 Å². The minimum absolute atomic E-state index is 0.248. The van der Waals surface area contributed by atoms with Crippen LogP contribution in [0, 0.1) is 5.82 Å². The van der Waals surface area contributed by atoms with Crippen LogP contribution in [0.4, 0.5) is 4.39 Å². The van der Waals surface area contributed by atoms with Crippen molar-refractivity contribution in [1.82, 2.24) is 5.32 Å². The first-order valence-corrected chi connectivity index (χ1v) is 9.56. The minimum Gasteiger partial charge on any atom is -0.481 e. The lowest BCUT2D eigenvalue weighted by atomic mass is 10.1. The Kier molecular flexibility index (Phi) is 7.55. The van der Waals surface area contributed by atoms with Crippen molar-refractivity contribution in [3.8, 4) is 16.9 Å². The van der Waals surface area contributed by atoms with Gasteiger partial charge in [0.15, 0.2) is 13.2 Å². The highest BCUT2D eigenvalue weighted by Crippen LogP contribution is 2.29. The van der Waals surface area contributed by atoms with Crippen LogP contribution in [-0.2, 0) is 20.7 Å². The summed E-state index contributed by atoms with van der Waals surface area (Å²) >= 11 is 0. The maximum absolute atomic E-state index is 13.5. The Hall–Kier alpha value is -3.67. The van der Waals surface area contributed by atoms with E-state index >= 15 is 0 Å². The minimum atomic E-state index is -0.651. The van der Waals surface area contributed by atoms with Crippen molar-refractivity contribution >= 4 is 11.9 Å². The SMILES string of the molecule is O=C(COC(=O)COc1ccccc1-c1ccccc1)NCCc1ccccc1F. The quantitative estimate of drug-likeness (QED) is 0.549. The average molecular weight is 407 g/mol. The lowest BCUT2D eigenvalue weighted by Gasteiger charge is -2.11. The molecule has 0 aliphatic rings. The maximum Gasteiger partial charge on any atom is 0.344 e. The molecule has 5 nitrogen and oxygen atoms in total. The van der Waals surface area contributed by atoms with Gasteiger partial charge in [-0.05, 0) is 29.7 Å². The number of nitrogens with one attached hydrogen (secondary N) is 1. The Morgan fingerprint density at radius 3 is 2.33 bits per heavy atom. The monoisotopic (exact) mass is 407 g/mol. The van der Waals surface area contributed by atoms with Crippen LogP contribution in [0.1, 0.15) is 5.56 Å². The number of amides is 1. The van der Waals surface area contributed by atoms with Gasteiger partial charge in [-0.2, -0.15) is 0 Å². The summed E-state index contributed by atoms with van der Waals surface area (Å²) in [7, 11) is 0. The molecule has 0 atom stereocenters. The molecule has 0 saturated carbocycles. The Bertz CT molecular complexity index is 991. The van der Waals surface area contributed by atoms with Gasteiger partial charge in [0, 0.05) is 12.1 Å². The van der Waals surface area contributed by atoms with Crippen LogP contribution < -0.4 is 10.1 Å². The summed E-state index contributed by atoms with van der Waals surface area (Å²) in [5.41, 5.74) is 2.34. The smallest absolute Gasteiger partial charge is 0.344 e. The third-order valence-electron chi connectivity index (χ3n) is 4.36. The van der Waals surface area contributed by atoms with Crippen LogP contribution >= 0.6 is 0 Å². The Labute approximate surface area is 174 Å². The molecular formula is C24H22FNO4. The van der Waals surface area contributed by atoms with Gasteiger partial charge in [0.05, 0.1) is 0 Å². The highest BCUT2D eigenvalue weighted by molar-refractivity contribution is 5.81. The normalized spacial score (nSPS) is 10.3. The molecule has 0 heterocycles. The summed E-state index contributed by atoms with van der Waals surface area (Å²) in [6.45, 7) is -0.482. The average Bonchev–Trinajstić information content (AvgIpc) is 2.78. The summed E-state index contributed by atoms with van der Waals surface area (Å²) in [6, 6.07) is 23.4. The highest BCUT2D eigenvalue weighted by Gasteiger charge is 2.11. The van der Waals surface area contributed by atoms with Gasteiger partial charge in [0.25, 0.3) is 5.91 Å². The summed E-state index contributed by atoms with van der Waals surface area (Å²) in [6.07, 6.45) is 0.353. The molecule has 0 spiro atoms. The molecule has 0 saturated heterocycles. The Morgan fingerprint density at radius 2 is 1.53 bits per heavy atom. The second kappa shape index (κ2) is 10.8. The molecule has 3 aromatic rings. The van der Waals surface area contributed by atoms with Gasteiger partial charge in [0.2, 0.25) is 0 Å². The molecule has 6 heteroatoms. The third kappa shape index (κ3) is 6.17. The number of benzene rings is 3. The largest absolute Gasteiger partial charge is 0.481 e. The Morgan fingerprint density at radius 1 is 0.833 bits per heavy atom. The number of hydrogen-bond donors (Lipinski definition) is 1. The summed E-state index contributed by atoms with van der Waals surface area (Å²) in [5.74, 6) is -0.868. The number of carbonyl (C=O) groups excluding carboxylic acids is 2. The molecule has 0 aliphatic carbocycles. The zero-order valence-corrected chi connectivity index (χ0v) is 16.3. The van der Waals surface area contributed by atoms with Crippen molar-refractivity contribution in [1.29, 1.82) is 0 Å². The van der Waals surface area contributed by atoms with E-state index in [4.69, 9.17) is 9.47 Å². The van der Waals surface area contributed by atoms with Crippen LogP contribution in [-0.4, -0.2) is 31.6 Å². The first-order chi connectivity index (χ1) is 14.6. The van der Waals surface area contributed by atoms with Crippen LogP contribution in [0.2, 0.25) is 0 Å². The molecule has 0 unspecified atom stereocenters. The molecule has 1 amide bonds. The van der Waals surface area contributed by atoms with Crippen molar-refractivity contribution in [2.75, 3.05) is 19.8 Å². The van der Waals surface area contributed by atoms with E-state index < -0.39 is 18.5 Å². The van der Waals surface area contributed by atoms with E-state index in [1.165, 1.54) is 6.07 Å². The van der Waals surface area contributed by atoms with Crippen molar-refractivity contribution < 1.29 is 23.5 Å². The lowest BCUT2D eigenvalue weighted by molar-refractivity contribution is -0.150. The van der Waals surface area contributed by atoms with E-state index in [0.29, 0.717) is 17.7 Å². The van der Waals surface area contributed by atoms with Crippen LogP contribution in [0.3, 0.4) is 0 Å². The standard InChI is InChI=1S/C24H22FNO4/c25-21-12-6-4-10-19(21)14-15-26-23(27)16-30-24(28)17-29-22-13-7-5-11-20(22)18-8-2-1-3-9-18/h1-13H,14-17H2,(H,26,27). The van der Waals surface area contributed by atoms with Gasteiger partial charge in [-0.3, -0.25) is 4.79 Å². The molecule has 3 rings (SSSR count). The van der Waals surface area contributed by atoms with Gasteiger partial charge in [0.1, 0.15) is 11.6 Å². The van der Waals surface area contributed by atoms with E-state index in [1.54, 1.807) is 24.3 Å². The van der Waals surface area contributed by atoms with Crippen molar-refractivity contribution in [2.45, 2.75) is 6.42 Å². The lowest BCUT2D eigenvalue weighted by Crippen LogP contribution is -2.31. The number of hydrogen-bond acceptors (Lipinski definition) is 4. The Balaban J connectivity index is 1.41. The molecule has 3 aromatic carbocycles. The fourth-order valence-electron chi connectivity index (χ4n) is 2.86. The predicted molar refractivity (Wildman–Crippen MR) is 111 cm³/mol. The third-order valence-corrected chi connectivity index (χ3v) is 4.36. The zero-order valence-electron chi connectivity index (χ0n) is 16.3. The molecule has 154 valence electrons. The number of ether oxygens (including phenoxy) is 2. The second-order valence-electron chi connectivity index (χ2n) is 6.50. The number of carbonyl (C=O) groups is 2. The molecule has 30 heavy (non-hydrogen) atoms. The van der Waals surface area contributed by atoms with E-state index in [-0.39, 0.29) is 19.0 Å². The molecule has 1 N–H and O–H groups in total. The van der Waals surface area contributed by atoms with Gasteiger partial charge < -0.3 is 14.8 Å². The topological polar surface area (TPSA) is 64.6 Å². The molecule has 0 radical (unpaired) electrons. The fourth-order valence-corrected chi connectivity index (χ4v) is 2.86. The van der Waals surface area contributed by atoms with Gasteiger partial charge in [-0.1, -0.05) is 66.7 Å². The molecule has 0 aliphatic heterocycles. The van der Waals surface area contributed by atoms with E-state index in [2.05, 4.69) is 5.32 Å². The predicted octanol–water partition coefficient (Wildman–Crippen LogP) is 3.77. The maximum atomic E-state index is 13.5. The summed E-state index contributed by atoms with van der Waals surface area (Å²) in [4.78, 5) is 23.7. The zero-order chi connectivity index (χ0) is 21.2. The first-order valence-electron chi connectivity index (χ1n) is 9.56. The van der Waals surface area contributed by atoms with E-state index in [0.717, 1.165) is 11.1 Å². The van der Waals surface area contributed by atoms with Crippen LogP contribution in [0.15, 0.2) is 78.9 Å². The second-order valence-corrected chi connectivity index (χ2v) is 6.50. The van der Waals surface area contributed by atoms with E-state index in [1.807, 2.05) is 48.5 Å². The summed E-state index contributed by atoms with van der Waals surface area (Å²) in [5, 5.41) is 2.59. The fraction of sp³-hybridized carbons (Fsp3) is 0.167. The number of rotatable bonds is 9. The van der Waals surface area contributed by atoms with Gasteiger partial charge in [-0.25, -0.2) is 9.18 Å². The van der Waals surface area contributed by atoms with Crippen LogP contribution in [0.5, 0.6) is 5.75 Å². The van der Waals surface area contributed by atoms with Gasteiger partial charge in [-0.15, -0.1) is 0 Å². The molecule has 0 fully saturated rings. The highest BCUT2D eigenvalue weighted by atomic mass is 19.1. The number of halogens is 1. The first kappa shape index (κ1) is 21.0. The molecule has 0 aromatic heterocycles. The number of para-hydroxylation sites is 1. The van der Waals surface area contributed by atoms with E-state index in [9.17, 15) is 14.0 Å².